The van der Waals surface area contributed by atoms with Gasteiger partial charge in [0.15, 0.2) is 0 Å². The van der Waals surface area contributed by atoms with Crippen LogP contribution in [0, 0.1) is 11.8 Å². The third-order valence-electron chi connectivity index (χ3n) is 4.96. The van der Waals surface area contributed by atoms with Gasteiger partial charge in [-0.25, -0.2) is 8.42 Å². The van der Waals surface area contributed by atoms with Crippen LogP contribution in [0.1, 0.15) is 36.3 Å². The van der Waals surface area contributed by atoms with Crippen molar-refractivity contribution in [3.05, 3.63) is 59.9 Å². The fourth-order valence-corrected chi connectivity index (χ4v) is 5.43. The molecule has 1 aromatic heterocycles. The predicted octanol–water partition coefficient (Wildman–Crippen LogP) is 2.72. The van der Waals surface area contributed by atoms with Crippen LogP contribution in [-0.2, 0) is 16.4 Å². The average Bonchev–Trinajstić information content (AvgIpc) is 2.68. The molecule has 1 amide bonds. The molecule has 1 saturated heterocycles. The Morgan fingerprint density at radius 2 is 1.89 bits per heavy atom. The second kappa shape index (κ2) is 8.84. The molecule has 1 aromatic carbocycles. The number of nitrogens with zero attached hydrogens (tertiary/aromatic N) is 2. The molecule has 0 radical (unpaired) electrons. The second-order valence-electron chi connectivity index (χ2n) is 7.62. The Labute approximate surface area is 167 Å². The maximum absolute atomic E-state index is 13.0. The number of rotatable bonds is 6. The number of hydrogen-bond acceptors (Lipinski definition) is 4. The summed E-state index contributed by atoms with van der Waals surface area (Å²) >= 11 is 0. The third-order valence-corrected chi connectivity index (χ3v) is 6.79. The van der Waals surface area contributed by atoms with Crippen LogP contribution in [0.15, 0.2) is 53.6 Å². The lowest BCUT2D eigenvalue weighted by atomic mass is 9.94. The summed E-state index contributed by atoms with van der Waals surface area (Å²) in [5.74, 6) is 0.376. The zero-order valence-corrected chi connectivity index (χ0v) is 17.2. The first-order chi connectivity index (χ1) is 13.4. The zero-order chi connectivity index (χ0) is 20.1. The third kappa shape index (κ3) is 4.97. The number of benzene rings is 1. The molecule has 0 saturated carbocycles. The van der Waals surface area contributed by atoms with E-state index in [0.29, 0.717) is 43.5 Å². The number of hydrogen-bond donors (Lipinski definition) is 1. The van der Waals surface area contributed by atoms with E-state index in [1.807, 2.05) is 18.2 Å². The minimum atomic E-state index is -3.60. The van der Waals surface area contributed by atoms with Crippen LogP contribution in [0.2, 0.25) is 0 Å². The van der Waals surface area contributed by atoms with Crippen LogP contribution in [0.25, 0.3) is 0 Å². The van der Waals surface area contributed by atoms with Crippen LogP contribution >= 0.6 is 0 Å². The van der Waals surface area contributed by atoms with Gasteiger partial charge in [-0.15, -0.1) is 0 Å². The van der Waals surface area contributed by atoms with E-state index in [2.05, 4.69) is 24.1 Å². The molecule has 1 fully saturated rings. The summed E-state index contributed by atoms with van der Waals surface area (Å²) in [6.45, 7) is 5.63. The zero-order valence-electron chi connectivity index (χ0n) is 16.3. The minimum Gasteiger partial charge on any atom is -0.352 e. The molecule has 1 aliphatic heterocycles. The highest BCUT2D eigenvalue weighted by molar-refractivity contribution is 7.89. The Morgan fingerprint density at radius 3 is 2.57 bits per heavy atom. The van der Waals surface area contributed by atoms with E-state index in [-0.39, 0.29) is 10.8 Å². The quantitative estimate of drug-likeness (QED) is 0.807. The van der Waals surface area contributed by atoms with Crippen LogP contribution in [0.3, 0.4) is 0 Å². The van der Waals surface area contributed by atoms with Gasteiger partial charge >= 0.3 is 0 Å². The van der Waals surface area contributed by atoms with E-state index in [9.17, 15) is 13.2 Å². The van der Waals surface area contributed by atoms with Crippen LogP contribution < -0.4 is 5.32 Å². The van der Waals surface area contributed by atoms with Gasteiger partial charge < -0.3 is 5.32 Å². The van der Waals surface area contributed by atoms with Crippen molar-refractivity contribution in [3.63, 3.8) is 0 Å². The van der Waals surface area contributed by atoms with Crippen LogP contribution in [0.5, 0.6) is 0 Å². The molecule has 3 rings (SSSR count). The maximum Gasteiger partial charge on any atom is 0.251 e. The topological polar surface area (TPSA) is 79.4 Å². The van der Waals surface area contributed by atoms with E-state index in [1.165, 1.54) is 6.07 Å². The fourth-order valence-electron chi connectivity index (χ4n) is 3.70. The summed E-state index contributed by atoms with van der Waals surface area (Å²) in [5, 5.41) is 2.83. The van der Waals surface area contributed by atoms with Crippen molar-refractivity contribution in [3.8, 4) is 0 Å². The molecule has 7 heteroatoms. The highest BCUT2D eigenvalue weighted by Crippen LogP contribution is 2.27. The molecule has 1 aliphatic rings. The Hall–Kier alpha value is -2.25. The van der Waals surface area contributed by atoms with Gasteiger partial charge in [0.25, 0.3) is 5.91 Å². The molecule has 2 heterocycles. The largest absolute Gasteiger partial charge is 0.352 e. The number of nitrogens with one attached hydrogen (secondary N) is 1. The Kier molecular flexibility index (Phi) is 6.46. The number of carbonyl (C=O) groups is 1. The van der Waals surface area contributed by atoms with Gasteiger partial charge in [0.05, 0.1) is 4.90 Å². The summed E-state index contributed by atoms with van der Waals surface area (Å²) in [4.78, 5) is 16.8. The highest BCUT2D eigenvalue weighted by Gasteiger charge is 2.31. The van der Waals surface area contributed by atoms with Gasteiger partial charge in [-0.1, -0.05) is 26.0 Å². The lowest BCUT2D eigenvalue weighted by Crippen LogP contribution is -2.42. The monoisotopic (exact) mass is 401 g/mol. The molecule has 0 spiro atoms. The fraction of sp³-hybridized carbons (Fsp3) is 0.429. The predicted molar refractivity (Wildman–Crippen MR) is 108 cm³/mol. The van der Waals surface area contributed by atoms with E-state index in [1.54, 1.807) is 28.7 Å². The molecule has 28 heavy (non-hydrogen) atoms. The number of carbonyl (C=O) groups excluding carboxylic acids is 1. The van der Waals surface area contributed by atoms with Gasteiger partial charge in [-0.05, 0) is 48.6 Å². The molecular formula is C21H27N3O3S. The van der Waals surface area contributed by atoms with E-state index in [0.717, 1.165) is 12.1 Å². The first-order valence-corrected chi connectivity index (χ1v) is 11.1. The molecule has 0 bridgehead atoms. The van der Waals surface area contributed by atoms with Crippen LogP contribution in [0.4, 0.5) is 0 Å². The summed E-state index contributed by atoms with van der Waals surface area (Å²) in [5.41, 5.74) is 1.24. The van der Waals surface area contributed by atoms with Crippen molar-refractivity contribution < 1.29 is 13.2 Å². The number of piperidine rings is 1. The highest BCUT2D eigenvalue weighted by atomic mass is 32.2. The first kappa shape index (κ1) is 20.5. The average molecular weight is 402 g/mol. The Bertz CT molecular complexity index is 906. The van der Waals surface area contributed by atoms with Crippen molar-refractivity contribution in [2.45, 2.75) is 31.6 Å². The van der Waals surface area contributed by atoms with E-state index < -0.39 is 10.0 Å². The number of amides is 1. The first-order valence-electron chi connectivity index (χ1n) is 9.64. The van der Waals surface area contributed by atoms with Gasteiger partial charge in [0.2, 0.25) is 10.0 Å². The smallest absolute Gasteiger partial charge is 0.251 e. The van der Waals surface area contributed by atoms with Crippen LogP contribution in [-0.4, -0.2) is 43.2 Å². The Morgan fingerprint density at radius 1 is 1.14 bits per heavy atom. The number of aromatic nitrogens is 1. The summed E-state index contributed by atoms with van der Waals surface area (Å²) < 4.78 is 27.6. The molecule has 0 aliphatic carbocycles. The molecular weight excluding hydrogens is 374 g/mol. The van der Waals surface area contributed by atoms with Crippen molar-refractivity contribution in [1.82, 2.24) is 14.6 Å². The van der Waals surface area contributed by atoms with Gasteiger partial charge in [-0.2, -0.15) is 4.31 Å². The molecule has 2 unspecified atom stereocenters. The van der Waals surface area contributed by atoms with Crippen molar-refractivity contribution >= 4 is 15.9 Å². The van der Waals surface area contributed by atoms with Crippen molar-refractivity contribution in [2.75, 3.05) is 19.6 Å². The SMILES string of the molecule is CC1CC(C)CN(S(=O)(=O)c2cccc(C(=O)NCCc3ccccn3)c2)C1. The summed E-state index contributed by atoms with van der Waals surface area (Å²) in [7, 11) is -3.60. The van der Waals surface area contributed by atoms with E-state index in [4.69, 9.17) is 0 Å². The van der Waals surface area contributed by atoms with Gasteiger partial charge in [0, 0.05) is 43.5 Å². The molecule has 2 aromatic rings. The molecule has 150 valence electrons. The summed E-state index contributed by atoms with van der Waals surface area (Å²) in [6, 6.07) is 11.9. The molecule has 1 N–H and O–H groups in total. The second-order valence-corrected chi connectivity index (χ2v) is 9.56. The lowest BCUT2D eigenvalue weighted by molar-refractivity contribution is 0.0954. The molecule has 2 atom stereocenters. The summed E-state index contributed by atoms with van der Waals surface area (Å²) in [6.07, 6.45) is 3.37. The van der Waals surface area contributed by atoms with Gasteiger partial charge in [-0.3, -0.25) is 9.78 Å². The van der Waals surface area contributed by atoms with E-state index >= 15 is 0 Å². The van der Waals surface area contributed by atoms with Crippen molar-refractivity contribution in [2.24, 2.45) is 11.8 Å². The number of sulfonamides is 1. The Balaban J connectivity index is 1.68. The maximum atomic E-state index is 13.0. The van der Waals surface area contributed by atoms with Gasteiger partial charge in [0.1, 0.15) is 0 Å². The minimum absolute atomic E-state index is 0.172. The number of pyridine rings is 1. The lowest BCUT2D eigenvalue weighted by Gasteiger charge is -2.34. The normalized spacial score (nSPS) is 20.6. The molecule has 6 nitrogen and oxygen atoms in total. The standard InChI is InChI=1S/C21H27N3O3S/c1-16-12-17(2)15-24(14-16)28(26,27)20-8-5-6-18(13-20)21(25)23-11-9-19-7-3-4-10-22-19/h3-8,10,13,16-17H,9,11-12,14-15H2,1-2H3,(H,23,25). The van der Waals surface area contributed by atoms with Crippen molar-refractivity contribution in [1.29, 1.82) is 0 Å².